The molecule has 0 saturated heterocycles. The van der Waals surface area contributed by atoms with Gasteiger partial charge >= 0.3 is 0 Å². The molecule has 0 aliphatic carbocycles. The molecule has 3 rings (SSSR count). The van der Waals surface area contributed by atoms with Crippen LogP contribution >= 0.6 is 0 Å². The van der Waals surface area contributed by atoms with Crippen molar-refractivity contribution in [2.24, 2.45) is 5.92 Å². The Labute approximate surface area is 239 Å². The summed E-state index contributed by atoms with van der Waals surface area (Å²) in [5, 5.41) is 2.95. The molecule has 0 aliphatic heterocycles. The summed E-state index contributed by atoms with van der Waals surface area (Å²) in [5.41, 5.74) is 2.30. The lowest BCUT2D eigenvalue weighted by molar-refractivity contribution is -0.140. The summed E-state index contributed by atoms with van der Waals surface area (Å²) in [7, 11) is -4.08. The third-order valence-corrected chi connectivity index (χ3v) is 8.51. The number of hydrogen-bond donors (Lipinski definition) is 1. The first-order valence-electron chi connectivity index (χ1n) is 13.8. The van der Waals surface area contributed by atoms with E-state index in [0.717, 1.165) is 15.4 Å². The van der Waals surface area contributed by atoms with Crippen molar-refractivity contribution in [1.82, 2.24) is 10.2 Å². The van der Waals surface area contributed by atoms with Gasteiger partial charge in [0, 0.05) is 13.1 Å². The topological polar surface area (TPSA) is 86.8 Å². The molecule has 0 bridgehead atoms. The number of carbonyl (C=O) groups excluding carboxylic acids is 2. The molecule has 1 atom stereocenters. The normalized spacial score (nSPS) is 12.3. The van der Waals surface area contributed by atoms with Crippen molar-refractivity contribution in [3.8, 4) is 0 Å². The first-order chi connectivity index (χ1) is 19.0. The molecule has 1 N–H and O–H groups in total. The van der Waals surface area contributed by atoms with E-state index < -0.39 is 28.5 Å². The molecule has 0 aliphatic rings. The van der Waals surface area contributed by atoms with Gasteiger partial charge in [0.1, 0.15) is 12.6 Å². The summed E-state index contributed by atoms with van der Waals surface area (Å²) in [4.78, 5) is 28.9. The third kappa shape index (κ3) is 7.94. The van der Waals surface area contributed by atoms with Gasteiger partial charge in [0.15, 0.2) is 0 Å². The Morgan fingerprint density at radius 1 is 0.825 bits per heavy atom. The predicted octanol–water partition coefficient (Wildman–Crippen LogP) is 5.58. The SMILES string of the molecule is CC[C@H](C(=O)NCC(C)C)N(Cc1ccccc1)C(=O)CN(c1ccc(C(C)C)cc1)S(=O)(=O)c1ccccc1. The van der Waals surface area contributed by atoms with E-state index in [4.69, 9.17) is 0 Å². The van der Waals surface area contributed by atoms with Gasteiger partial charge in [-0.1, -0.05) is 95.3 Å². The summed E-state index contributed by atoms with van der Waals surface area (Å²) < 4.78 is 28.9. The number of amides is 2. The molecule has 214 valence electrons. The van der Waals surface area contributed by atoms with Gasteiger partial charge in [-0.15, -0.1) is 0 Å². The fourth-order valence-electron chi connectivity index (χ4n) is 4.40. The van der Waals surface area contributed by atoms with Crippen molar-refractivity contribution in [1.29, 1.82) is 0 Å². The average molecular weight is 564 g/mol. The molecule has 3 aromatic carbocycles. The summed E-state index contributed by atoms with van der Waals surface area (Å²) >= 11 is 0. The van der Waals surface area contributed by atoms with Crippen LogP contribution in [0.1, 0.15) is 58.1 Å². The number of carbonyl (C=O) groups is 2. The Kier molecular flexibility index (Phi) is 10.9. The van der Waals surface area contributed by atoms with Crippen LogP contribution in [0.25, 0.3) is 0 Å². The highest BCUT2D eigenvalue weighted by molar-refractivity contribution is 7.92. The Bertz CT molecular complexity index is 1340. The number of nitrogens with one attached hydrogen (secondary N) is 1. The Balaban J connectivity index is 2.03. The quantitative estimate of drug-likeness (QED) is 0.294. The number of anilines is 1. The van der Waals surface area contributed by atoms with Crippen molar-refractivity contribution < 1.29 is 18.0 Å². The van der Waals surface area contributed by atoms with Gasteiger partial charge in [-0.2, -0.15) is 0 Å². The molecule has 40 heavy (non-hydrogen) atoms. The highest BCUT2D eigenvalue weighted by atomic mass is 32.2. The van der Waals surface area contributed by atoms with Crippen LogP contribution < -0.4 is 9.62 Å². The number of nitrogens with zero attached hydrogens (tertiary/aromatic N) is 2. The van der Waals surface area contributed by atoms with E-state index in [2.05, 4.69) is 19.2 Å². The van der Waals surface area contributed by atoms with Gasteiger partial charge in [0.05, 0.1) is 10.6 Å². The van der Waals surface area contributed by atoms with Crippen LogP contribution in [-0.4, -0.2) is 44.3 Å². The molecule has 0 unspecified atom stereocenters. The molecule has 8 heteroatoms. The van der Waals surface area contributed by atoms with Crippen LogP contribution in [-0.2, 0) is 26.2 Å². The molecule has 0 saturated carbocycles. The molecule has 7 nitrogen and oxygen atoms in total. The Morgan fingerprint density at radius 3 is 1.93 bits per heavy atom. The van der Waals surface area contributed by atoms with Gasteiger partial charge in [0.25, 0.3) is 10.0 Å². The van der Waals surface area contributed by atoms with Gasteiger partial charge in [-0.3, -0.25) is 13.9 Å². The van der Waals surface area contributed by atoms with Crippen molar-refractivity contribution in [2.45, 2.75) is 64.4 Å². The highest BCUT2D eigenvalue weighted by Crippen LogP contribution is 2.26. The van der Waals surface area contributed by atoms with E-state index in [0.29, 0.717) is 18.7 Å². The van der Waals surface area contributed by atoms with Crippen LogP contribution in [0.15, 0.2) is 89.8 Å². The van der Waals surface area contributed by atoms with Crippen molar-refractivity contribution >= 4 is 27.5 Å². The second-order valence-electron chi connectivity index (χ2n) is 10.6. The minimum absolute atomic E-state index is 0.0899. The molecule has 0 heterocycles. The predicted molar refractivity (Wildman–Crippen MR) is 160 cm³/mol. The molecule has 0 radical (unpaired) electrons. The lowest BCUT2D eigenvalue weighted by atomic mass is 10.0. The van der Waals surface area contributed by atoms with Gasteiger partial charge < -0.3 is 10.2 Å². The molecular formula is C32H41N3O4S. The standard InChI is InChI=1S/C32H41N3O4S/c1-6-30(32(37)33-21-24(2)3)34(22-26-13-9-7-10-14-26)31(36)23-35(28-19-17-27(18-20-28)25(4)5)40(38,39)29-15-11-8-12-16-29/h7-20,24-25,30H,6,21-23H2,1-5H3,(H,33,37)/t30-/m1/s1. The highest BCUT2D eigenvalue weighted by Gasteiger charge is 2.33. The monoisotopic (exact) mass is 563 g/mol. The fourth-order valence-corrected chi connectivity index (χ4v) is 5.83. The molecule has 3 aromatic rings. The van der Waals surface area contributed by atoms with Gasteiger partial charge in [-0.25, -0.2) is 8.42 Å². The van der Waals surface area contributed by atoms with Crippen LogP contribution in [0.4, 0.5) is 5.69 Å². The van der Waals surface area contributed by atoms with E-state index in [1.807, 2.05) is 63.2 Å². The smallest absolute Gasteiger partial charge is 0.264 e. The summed E-state index contributed by atoms with van der Waals surface area (Å²) in [6.45, 7) is 10.2. The summed E-state index contributed by atoms with van der Waals surface area (Å²) in [6, 6.07) is 24.0. The summed E-state index contributed by atoms with van der Waals surface area (Å²) in [5.74, 6) is -0.187. The maximum atomic E-state index is 14.1. The van der Waals surface area contributed by atoms with Crippen molar-refractivity contribution in [3.05, 3.63) is 96.1 Å². The minimum atomic E-state index is -4.08. The summed E-state index contributed by atoms with van der Waals surface area (Å²) in [6.07, 6.45) is 0.386. The van der Waals surface area contributed by atoms with Crippen LogP contribution in [0.2, 0.25) is 0 Å². The lowest BCUT2D eigenvalue weighted by Gasteiger charge is -2.33. The molecule has 0 aromatic heterocycles. The molecule has 2 amide bonds. The zero-order valence-corrected chi connectivity index (χ0v) is 24.9. The third-order valence-electron chi connectivity index (χ3n) is 6.72. The minimum Gasteiger partial charge on any atom is -0.354 e. The van der Waals surface area contributed by atoms with Crippen LogP contribution in [0, 0.1) is 5.92 Å². The number of hydrogen-bond acceptors (Lipinski definition) is 4. The largest absolute Gasteiger partial charge is 0.354 e. The first-order valence-corrected chi connectivity index (χ1v) is 15.3. The van der Waals surface area contributed by atoms with Crippen LogP contribution in [0.3, 0.4) is 0 Å². The van der Waals surface area contributed by atoms with Gasteiger partial charge in [0.2, 0.25) is 11.8 Å². The van der Waals surface area contributed by atoms with Crippen molar-refractivity contribution in [2.75, 3.05) is 17.4 Å². The van der Waals surface area contributed by atoms with Gasteiger partial charge in [-0.05, 0) is 53.6 Å². The second kappa shape index (κ2) is 14.1. The molecule has 0 fully saturated rings. The Morgan fingerprint density at radius 2 is 1.40 bits per heavy atom. The average Bonchev–Trinajstić information content (AvgIpc) is 2.95. The van der Waals surface area contributed by atoms with E-state index in [9.17, 15) is 18.0 Å². The molecule has 0 spiro atoms. The zero-order valence-electron chi connectivity index (χ0n) is 24.1. The second-order valence-corrected chi connectivity index (χ2v) is 12.5. The Hall–Kier alpha value is -3.65. The van der Waals surface area contributed by atoms with E-state index in [1.54, 1.807) is 30.3 Å². The van der Waals surface area contributed by atoms with E-state index >= 15 is 0 Å². The first kappa shape index (κ1) is 30.9. The number of benzene rings is 3. The van der Waals surface area contributed by atoms with Crippen molar-refractivity contribution in [3.63, 3.8) is 0 Å². The van der Waals surface area contributed by atoms with E-state index in [-0.39, 0.29) is 29.2 Å². The van der Waals surface area contributed by atoms with E-state index in [1.165, 1.54) is 17.0 Å². The number of sulfonamides is 1. The number of rotatable bonds is 13. The zero-order chi connectivity index (χ0) is 29.3. The maximum absolute atomic E-state index is 14.1. The fraction of sp³-hybridized carbons (Fsp3) is 0.375. The van der Waals surface area contributed by atoms with Crippen LogP contribution in [0.5, 0.6) is 0 Å². The molecular weight excluding hydrogens is 522 g/mol. The maximum Gasteiger partial charge on any atom is 0.264 e. The lowest BCUT2D eigenvalue weighted by Crippen LogP contribution is -2.52.